The van der Waals surface area contributed by atoms with E-state index in [1.807, 2.05) is 6.92 Å². The van der Waals surface area contributed by atoms with Crippen LogP contribution in [0.25, 0.3) is 0 Å². The molecule has 4 heteroatoms. The summed E-state index contributed by atoms with van der Waals surface area (Å²) in [5, 5.41) is 0. The minimum absolute atomic E-state index is 0.160. The molecular formula is C12H16O3S. The predicted molar refractivity (Wildman–Crippen MR) is 63.7 cm³/mol. The molecule has 16 heavy (non-hydrogen) atoms. The van der Waals surface area contributed by atoms with Gasteiger partial charge in [-0.15, -0.1) is 6.58 Å². The molecule has 0 aromatic heterocycles. The molecule has 0 unspecified atom stereocenters. The van der Waals surface area contributed by atoms with Crippen LogP contribution in [-0.2, 0) is 14.3 Å². The lowest BCUT2D eigenvalue weighted by molar-refractivity contribution is 0.171. The van der Waals surface area contributed by atoms with Crippen molar-refractivity contribution in [3.8, 4) is 0 Å². The van der Waals surface area contributed by atoms with E-state index in [1.165, 1.54) is 18.2 Å². The van der Waals surface area contributed by atoms with Crippen LogP contribution >= 0.6 is 0 Å². The van der Waals surface area contributed by atoms with E-state index in [0.29, 0.717) is 0 Å². The fourth-order valence-corrected chi connectivity index (χ4v) is 2.27. The van der Waals surface area contributed by atoms with Crippen LogP contribution in [0.15, 0.2) is 41.8 Å². The third-order valence-corrected chi connectivity index (χ3v) is 3.62. The summed E-state index contributed by atoms with van der Waals surface area (Å²) in [4.78, 5) is 0.160. The maximum atomic E-state index is 11.8. The van der Waals surface area contributed by atoms with Gasteiger partial charge in [-0.25, -0.2) is 0 Å². The minimum atomic E-state index is -3.72. The van der Waals surface area contributed by atoms with Gasteiger partial charge >= 0.3 is 0 Å². The zero-order valence-electron chi connectivity index (χ0n) is 9.73. The van der Waals surface area contributed by atoms with Gasteiger partial charge in [-0.2, -0.15) is 8.42 Å². The summed E-state index contributed by atoms with van der Waals surface area (Å²) in [5.74, 6) is 0. The lowest BCUT2D eigenvalue weighted by atomic mass is 10.1. The maximum Gasteiger partial charge on any atom is 0.297 e. The molecule has 0 bridgehead atoms. The first kappa shape index (κ1) is 12.9. The highest BCUT2D eigenvalue weighted by atomic mass is 32.2. The van der Waals surface area contributed by atoms with Crippen LogP contribution in [-0.4, -0.2) is 14.0 Å². The van der Waals surface area contributed by atoms with Crippen molar-refractivity contribution in [1.29, 1.82) is 0 Å². The minimum Gasteiger partial charge on any atom is -0.256 e. The van der Waals surface area contributed by atoms with E-state index in [4.69, 9.17) is 4.18 Å². The Morgan fingerprint density at radius 2 is 1.75 bits per heavy atom. The molecule has 0 saturated carbocycles. The van der Waals surface area contributed by atoms with Gasteiger partial charge in [0, 0.05) is 0 Å². The van der Waals surface area contributed by atoms with Gasteiger partial charge in [0.05, 0.1) is 4.90 Å². The van der Waals surface area contributed by atoms with Crippen molar-refractivity contribution in [1.82, 2.24) is 0 Å². The highest BCUT2D eigenvalue weighted by Crippen LogP contribution is 2.20. The molecule has 0 amide bonds. The Bertz CT molecular complexity index is 469. The van der Waals surface area contributed by atoms with Gasteiger partial charge in [0.2, 0.25) is 0 Å². The standard InChI is InChI=1S/C12H16O3S/c1-5-12(3,4)15-16(13,14)11-8-6-10(2)7-9-11/h5-9H,1H2,2-4H3. The Morgan fingerprint density at radius 1 is 1.25 bits per heavy atom. The molecule has 3 nitrogen and oxygen atoms in total. The van der Waals surface area contributed by atoms with Crippen LogP contribution in [0.4, 0.5) is 0 Å². The molecule has 1 rings (SSSR count). The van der Waals surface area contributed by atoms with E-state index in [2.05, 4.69) is 6.58 Å². The van der Waals surface area contributed by atoms with Gasteiger partial charge in [-0.1, -0.05) is 23.8 Å². The van der Waals surface area contributed by atoms with Gasteiger partial charge in [0.1, 0.15) is 5.60 Å². The third-order valence-electron chi connectivity index (χ3n) is 2.13. The first-order chi connectivity index (χ1) is 7.27. The molecule has 0 aliphatic heterocycles. The Morgan fingerprint density at radius 3 is 2.19 bits per heavy atom. The van der Waals surface area contributed by atoms with Crippen molar-refractivity contribution in [2.24, 2.45) is 0 Å². The monoisotopic (exact) mass is 240 g/mol. The Labute approximate surface area is 96.9 Å². The number of rotatable bonds is 4. The second-order valence-electron chi connectivity index (χ2n) is 4.16. The van der Waals surface area contributed by atoms with Crippen LogP contribution in [0, 0.1) is 6.92 Å². The number of benzene rings is 1. The molecular weight excluding hydrogens is 224 g/mol. The number of hydrogen-bond acceptors (Lipinski definition) is 3. The summed E-state index contributed by atoms with van der Waals surface area (Å²) in [6.07, 6.45) is 1.46. The molecule has 0 radical (unpaired) electrons. The van der Waals surface area contributed by atoms with E-state index in [-0.39, 0.29) is 4.90 Å². The summed E-state index contributed by atoms with van der Waals surface area (Å²) in [6.45, 7) is 8.72. The smallest absolute Gasteiger partial charge is 0.256 e. The molecule has 1 aromatic carbocycles. The predicted octanol–water partition coefficient (Wildman–Crippen LogP) is 2.66. The Hall–Kier alpha value is -1.13. The summed E-state index contributed by atoms with van der Waals surface area (Å²) in [5.41, 5.74) is 0.103. The molecule has 0 aliphatic rings. The molecule has 0 spiro atoms. The topological polar surface area (TPSA) is 43.4 Å². The van der Waals surface area contributed by atoms with E-state index in [1.54, 1.807) is 26.0 Å². The summed E-state index contributed by atoms with van der Waals surface area (Å²) in [7, 11) is -3.72. The molecule has 0 heterocycles. The molecule has 0 fully saturated rings. The average molecular weight is 240 g/mol. The van der Waals surface area contributed by atoms with E-state index < -0.39 is 15.7 Å². The molecule has 1 aromatic rings. The largest absolute Gasteiger partial charge is 0.297 e. The summed E-state index contributed by atoms with van der Waals surface area (Å²) in [6, 6.07) is 6.53. The summed E-state index contributed by atoms with van der Waals surface area (Å²) < 4.78 is 28.8. The quantitative estimate of drug-likeness (QED) is 0.600. The van der Waals surface area contributed by atoms with E-state index >= 15 is 0 Å². The fourth-order valence-electron chi connectivity index (χ4n) is 1.07. The third kappa shape index (κ3) is 3.18. The van der Waals surface area contributed by atoms with Crippen molar-refractivity contribution < 1.29 is 12.6 Å². The van der Waals surface area contributed by atoms with Gasteiger partial charge in [-0.05, 0) is 32.9 Å². The normalized spacial score (nSPS) is 12.4. The van der Waals surface area contributed by atoms with Crippen LogP contribution in [0.5, 0.6) is 0 Å². The molecule has 0 atom stereocenters. The van der Waals surface area contributed by atoms with Crippen molar-refractivity contribution in [3.05, 3.63) is 42.5 Å². The zero-order chi connectivity index (χ0) is 12.4. The zero-order valence-corrected chi connectivity index (χ0v) is 10.5. The fraction of sp³-hybridized carbons (Fsp3) is 0.333. The molecule has 88 valence electrons. The van der Waals surface area contributed by atoms with Crippen molar-refractivity contribution in [2.45, 2.75) is 31.3 Å². The lowest BCUT2D eigenvalue weighted by Gasteiger charge is -2.19. The number of aryl methyl sites for hydroxylation is 1. The number of hydrogen-bond donors (Lipinski definition) is 0. The van der Waals surface area contributed by atoms with Crippen LogP contribution in [0.1, 0.15) is 19.4 Å². The van der Waals surface area contributed by atoms with Crippen LogP contribution in [0.2, 0.25) is 0 Å². The van der Waals surface area contributed by atoms with Crippen LogP contribution in [0.3, 0.4) is 0 Å². The highest BCUT2D eigenvalue weighted by Gasteiger charge is 2.25. The van der Waals surface area contributed by atoms with Crippen molar-refractivity contribution in [2.75, 3.05) is 0 Å². The Balaban J connectivity index is 3.04. The second kappa shape index (κ2) is 4.39. The molecule has 0 aliphatic carbocycles. The lowest BCUT2D eigenvalue weighted by Crippen LogP contribution is -2.25. The SMILES string of the molecule is C=CC(C)(C)OS(=O)(=O)c1ccc(C)cc1. The van der Waals surface area contributed by atoms with Crippen molar-refractivity contribution >= 4 is 10.1 Å². The van der Waals surface area contributed by atoms with Gasteiger partial charge in [-0.3, -0.25) is 4.18 Å². The highest BCUT2D eigenvalue weighted by molar-refractivity contribution is 7.86. The second-order valence-corrected chi connectivity index (χ2v) is 5.70. The first-order valence-electron chi connectivity index (χ1n) is 4.93. The molecule has 0 saturated heterocycles. The molecule has 0 N–H and O–H groups in total. The first-order valence-corrected chi connectivity index (χ1v) is 6.33. The average Bonchev–Trinajstić information content (AvgIpc) is 2.17. The van der Waals surface area contributed by atoms with E-state index in [0.717, 1.165) is 5.56 Å². The van der Waals surface area contributed by atoms with Crippen LogP contribution < -0.4 is 0 Å². The van der Waals surface area contributed by atoms with Gasteiger partial charge in [0.15, 0.2) is 0 Å². The van der Waals surface area contributed by atoms with Gasteiger partial charge < -0.3 is 0 Å². The Kier molecular flexibility index (Phi) is 3.55. The van der Waals surface area contributed by atoms with Gasteiger partial charge in [0.25, 0.3) is 10.1 Å². The maximum absolute atomic E-state index is 11.8. The van der Waals surface area contributed by atoms with Crippen molar-refractivity contribution in [3.63, 3.8) is 0 Å². The summed E-state index contributed by atoms with van der Waals surface area (Å²) >= 11 is 0. The van der Waals surface area contributed by atoms with E-state index in [9.17, 15) is 8.42 Å².